The van der Waals surface area contributed by atoms with Gasteiger partial charge in [0.15, 0.2) is 0 Å². The van der Waals surface area contributed by atoms with E-state index in [2.05, 4.69) is 36.5 Å². The Morgan fingerprint density at radius 1 is 1.36 bits per heavy atom. The van der Waals surface area contributed by atoms with Gasteiger partial charge in [0.2, 0.25) is 5.95 Å². The van der Waals surface area contributed by atoms with Crippen molar-refractivity contribution >= 4 is 43.6 Å². The number of nitrogens with zero attached hydrogens (tertiary/aromatic N) is 2. The maximum atomic E-state index is 13.1. The van der Waals surface area contributed by atoms with Crippen LogP contribution < -0.4 is 10.6 Å². The lowest BCUT2D eigenvalue weighted by Crippen LogP contribution is -2.30. The van der Waals surface area contributed by atoms with Gasteiger partial charge in [-0.1, -0.05) is 19.9 Å². The Balaban J connectivity index is 2.25. The summed E-state index contributed by atoms with van der Waals surface area (Å²) >= 11 is 3.33. The van der Waals surface area contributed by atoms with Crippen molar-refractivity contribution in [1.29, 1.82) is 0 Å². The summed E-state index contributed by atoms with van der Waals surface area (Å²) in [6, 6.07) is 5.09. The van der Waals surface area contributed by atoms with Gasteiger partial charge in [-0.3, -0.25) is 0 Å². The standard InChI is InChI=1S/C15H18BrFN4O3S/c1-9(2)13(8-22)20-14-12(16)7-18-15(21-14)19-10-4-3-5-11(6-10)25(17,23)24/h3-7,9,13,22H,8H2,1-2H3,(H2,18,19,20,21)/t13-/m0/s1. The number of anilines is 3. The van der Waals surface area contributed by atoms with Gasteiger partial charge in [-0.05, 0) is 40.0 Å². The zero-order valence-corrected chi connectivity index (χ0v) is 16.0. The second kappa shape index (κ2) is 8.07. The highest BCUT2D eigenvalue weighted by molar-refractivity contribution is 9.10. The van der Waals surface area contributed by atoms with E-state index in [9.17, 15) is 17.4 Å². The summed E-state index contributed by atoms with van der Waals surface area (Å²) in [4.78, 5) is 7.93. The van der Waals surface area contributed by atoms with E-state index in [1.807, 2.05) is 13.8 Å². The van der Waals surface area contributed by atoms with Gasteiger partial charge in [0.05, 0.1) is 17.1 Å². The molecule has 0 saturated carbocycles. The van der Waals surface area contributed by atoms with Gasteiger partial charge in [-0.25, -0.2) is 4.98 Å². The van der Waals surface area contributed by atoms with Crippen LogP contribution in [0, 0.1) is 5.92 Å². The first-order valence-electron chi connectivity index (χ1n) is 7.42. The van der Waals surface area contributed by atoms with Crippen molar-refractivity contribution < 1.29 is 17.4 Å². The van der Waals surface area contributed by atoms with Crippen LogP contribution in [0.25, 0.3) is 0 Å². The maximum Gasteiger partial charge on any atom is 0.332 e. The van der Waals surface area contributed by atoms with Gasteiger partial charge < -0.3 is 15.7 Å². The normalized spacial score (nSPS) is 12.9. The van der Waals surface area contributed by atoms with E-state index in [0.717, 1.165) is 12.1 Å². The monoisotopic (exact) mass is 432 g/mol. The van der Waals surface area contributed by atoms with Gasteiger partial charge in [0.25, 0.3) is 0 Å². The maximum absolute atomic E-state index is 13.1. The average Bonchev–Trinajstić information content (AvgIpc) is 2.54. The zero-order valence-electron chi connectivity index (χ0n) is 13.6. The zero-order chi connectivity index (χ0) is 18.6. The highest BCUT2D eigenvalue weighted by atomic mass is 79.9. The molecule has 1 heterocycles. The summed E-state index contributed by atoms with van der Waals surface area (Å²) in [6.45, 7) is 3.86. The molecule has 2 aromatic rings. The average molecular weight is 433 g/mol. The molecule has 0 saturated heterocycles. The molecule has 2 rings (SSSR count). The molecule has 0 fully saturated rings. The number of aliphatic hydroxyl groups is 1. The number of hydrogen-bond acceptors (Lipinski definition) is 7. The fourth-order valence-electron chi connectivity index (χ4n) is 1.98. The molecular formula is C15H18BrFN4O3S. The molecule has 1 aromatic carbocycles. The number of halogens is 2. The van der Waals surface area contributed by atoms with E-state index in [4.69, 9.17) is 0 Å². The largest absolute Gasteiger partial charge is 0.394 e. The molecule has 3 N–H and O–H groups in total. The van der Waals surface area contributed by atoms with Gasteiger partial charge >= 0.3 is 10.2 Å². The molecule has 0 spiro atoms. The summed E-state index contributed by atoms with van der Waals surface area (Å²) in [7, 11) is -4.79. The number of aromatic nitrogens is 2. The summed E-state index contributed by atoms with van der Waals surface area (Å²) in [5.74, 6) is 0.841. The van der Waals surface area contributed by atoms with E-state index in [1.165, 1.54) is 12.3 Å². The molecule has 0 aliphatic heterocycles. The predicted molar refractivity (Wildman–Crippen MR) is 97.1 cm³/mol. The summed E-state index contributed by atoms with van der Waals surface area (Å²) < 4.78 is 35.7. The van der Waals surface area contributed by atoms with Crippen molar-refractivity contribution in [3.63, 3.8) is 0 Å². The first kappa shape index (κ1) is 19.5. The quantitative estimate of drug-likeness (QED) is 0.577. The molecule has 1 aromatic heterocycles. The second-order valence-corrected chi connectivity index (χ2v) is 7.86. The molecule has 25 heavy (non-hydrogen) atoms. The van der Waals surface area contributed by atoms with Crippen molar-refractivity contribution in [2.24, 2.45) is 5.92 Å². The second-order valence-electron chi connectivity index (χ2n) is 5.66. The molecule has 0 aliphatic rings. The summed E-state index contributed by atoms with van der Waals surface area (Å²) in [6.07, 6.45) is 1.52. The lowest BCUT2D eigenvalue weighted by Gasteiger charge is -2.21. The van der Waals surface area contributed by atoms with Crippen LogP contribution in [0.1, 0.15) is 13.8 Å². The summed E-state index contributed by atoms with van der Waals surface area (Å²) in [5, 5.41) is 15.4. The highest BCUT2D eigenvalue weighted by Crippen LogP contribution is 2.24. The smallest absolute Gasteiger partial charge is 0.332 e. The molecule has 0 radical (unpaired) electrons. The van der Waals surface area contributed by atoms with Crippen molar-refractivity contribution in [3.05, 3.63) is 34.9 Å². The molecule has 0 bridgehead atoms. The highest BCUT2D eigenvalue weighted by Gasteiger charge is 2.16. The van der Waals surface area contributed by atoms with Crippen LogP contribution >= 0.6 is 15.9 Å². The van der Waals surface area contributed by atoms with E-state index >= 15 is 0 Å². The van der Waals surface area contributed by atoms with Crippen molar-refractivity contribution in [3.8, 4) is 0 Å². The predicted octanol–water partition coefficient (Wildman–Crippen LogP) is 3.07. The van der Waals surface area contributed by atoms with Gasteiger partial charge in [-0.15, -0.1) is 3.89 Å². The lowest BCUT2D eigenvalue weighted by molar-refractivity contribution is 0.249. The van der Waals surface area contributed by atoms with Gasteiger partial charge in [0.1, 0.15) is 10.7 Å². The SMILES string of the molecule is CC(C)[C@H](CO)Nc1nc(Nc2cccc(S(=O)(=O)F)c2)ncc1Br. The van der Waals surface area contributed by atoms with Crippen molar-refractivity contribution in [2.45, 2.75) is 24.8 Å². The fraction of sp³-hybridized carbons (Fsp3) is 0.333. The van der Waals surface area contributed by atoms with E-state index < -0.39 is 15.1 Å². The van der Waals surface area contributed by atoms with Crippen LogP contribution in [0.4, 0.5) is 21.3 Å². The molecule has 0 aliphatic carbocycles. The number of nitrogens with one attached hydrogen (secondary N) is 2. The number of hydrogen-bond donors (Lipinski definition) is 3. The minimum Gasteiger partial charge on any atom is -0.394 e. The Morgan fingerprint density at radius 2 is 2.08 bits per heavy atom. The molecular weight excluding hydrogens is 415 g/mol. The van der Waals surface area contributed by atoms with Crippen molar-refractivity contribution in [2.75, 3.05) is 17.2 Å². The third kappa shape index (κ3) is 5.35. The Hall–Kier alpha value is -1.78. The van der Waals surface area contributed by atoms with Crippen LogP contribution in [-0.4, -0.2) is 36.1 Å². The van der Waals surface area contributed by atoms with Crippen molar-refractivity contribution in [1.82, 2.24) is 9.97 Å². The van der Waals surface area contributed by atoms with E-state index in [1.54, 1.807) is 6.07 Å². The van der Waals surface area contributed by atoms with Crippen LogP contribution in [0.5, 0.6) is 0 Å². The third-order valence-electron chi connectivity index (χ3n) is 3.44. The molecule has 136 valence electrons. The lowest BCUT2D eigenvalue weighted by atomic mass is 10.1. The van der Waals surface area contributed by atoms with Gasteiger partial charge in [0, 0.05) is 11.9 Å². The topological polar surface area (TPSA) is 104 Å². The fourth-order valence-corrected chi connectivity index (χ4v) is 2.80. The Labute approximate surface area is 154 Å². The van der Waals surface area contributed by atoms with Crippen LogP contribution in [0.3, 0.4) is 0 Å². The van der Waals surface area contributed by atoms with Crippen LogP contribution in [0.2, 0.25) is 0 Å². The van der Waals surface area contributed by atoms with E-state index in [-0.39, 0.29) is 24.5 Å². The minimum absolute atomic E-state index is 0.0622. The molecule has 0 unspecified atom stereocenters. The van der Waals surface area contributed by atoms with E-state index in [0.29, 0.717) is 16.0 Å². The minimum atomic E-state index is -4.79. The molecule has 0 amide bonds. The molecule has 7 nitrogen and oxygen atoms in total. The molecule has 1 atom stereocenters. The van der Waals surface area contributed by atoms with Crippen LogP contribution in [-0.2, 0) is 10.2 Å². The Morgan fingerprint density at radius 3 is 2.68 bits per heavy atom. The first-order valence-corrected chi connectivity index (χ1v) is 9.60. The molecule has 10 heteroatoms. The third-order valence-corrected chi connectivity index (χ3v) is 4.84. The Bertz CT molecular complexity index is 848. The van der Waals surface area contributed by atoms with Crippen LogP contribution in [0.15, 0.2) is 39.8 Å². The summed E-state index contributed by atoms with van der Waals surface area (Å²) in [5.41, 5.74) is 0.328. The number of rotatable bonds is 7. The van der Waals surface area contributed by atoms with Gasteiger partial charge in [-0.2, -0.15) is 13.4 Å². The Kier molecular flexibility index (Phi) is 6.31. The number of aliphatic hydroxyl groups excluding tert-OH is 1. The first-order chi connectivity index (χ1) is 11.7. The number of benzene rings is 1.